The van der Waals surface area contributed by atoms with Crippen molar-refractivity contribution in [1.29, 1.82) is 0 Å². The van der Waals surface area contributed by atoms with Crippen LogP contribution in [0.15, 0.2) is 46.3 Å². The number of rotatable bonds is 8. The van der Waals surface area contributed by atoms with Gasteiger partial charge in [-0.25, -0.2) is 18.7 Å². The fourth-order valence-corrected chi connectivity index (χ4v) is 4.80. The van der Waals surface area contributed by atoms with Crippen molar-refractivity contribution in [2.75, 3.05) is 5.32 Å². The van der Waals surface area contributed by atoms with Crippen LogP contribution < -0.4 is 10.6 Å². The third kappa shape index (κ3) is 5.60. The number of alkyl halides is 1. The van der Waals surface area contributed by atoms with Crippen LogP contribution in [0.3, 0.4) is 0 Å². The van der Waals surface area contributed by atoms with Gasteiger partial charge in [0.05, 0.1) is 5.69 Å². The molecule has 1 aliphatic carbocycles. The van der Waals surface area contributed by atoms with E-state index in [4.69, 9.17) is 4.42 Å². The first kappa shape index (κ1) is 25.2. The quantitative estimate of drug-likeness (QED) is 0.283. The number of nitrogens with zero attached hydrogens (tertiary/aromatic N) is 3. The molecular weight excluding hydrogens is 496 g/mol. The van der Waals surface area contributed by atoms with Crippen LogP contribution in [-0.4, -0.2) is 33.1 Å². The molecule has 37 heavy (non-hydrogen) atoms. The zero-order chi connectivity index (χ0) is 26.1. The number of carbonyl (C=O) groups excluding carboxylic acids is 1. The number of amides is 1. The Morgan fingerprint density at radius 2 is 1.95 bits per heavy atom. The Kier molecular flexibility index (Phi) is 7.12. The lowest BCUT2D eigenvalue weighted by Gasteiger charge is -2.30. The number of hydrogen-bond donors (Lipinski definition) is 2. The fourth-order valence-electron chi connectivity index (χ4n) is 4.11. The molecule has 1 fully saturated rings. The van der Waals surface area contributed by atoms with Gasteiger partial charge in [0, 0.05) is 35.6 Å². The van der Waals surface area contributed by atoms with Crippen molar-refractivity contribution in [2.45, 2.75) is 58.3 Å². The van der Waals surface area contributed by atoms with Crippen LogP contribution in [0.4, 0.5) is 13.9 Å². The largest absolute Gasteiger partial charge is 0.435 e. The van der Waals surface area contributed by atoms with Crippen molar-refractivity contribution >= 4 is 22.4 Å². The van der Waals surface area contributed by atoms with Gasteiger partial charge in [-0.05, 0) is 55.2 Å². The van der Waals surface area contributed by atoms with Gasteiger partial charge in [0.1, 0.15) is 23.4 Å². The van der Waals surface area contributed by atoms with E-state index >= 15 is 0 Å². The van der Waals surface area contributed by atoms with Crippen LogP contribution in [-0.2, 0) is 6.54 Å². The average molecular weight is 524 g/mol. The number of aryl methyl sites for hydroxylation is 1. The van der Waals surface area contributed by atoms with Crippen molar-refractivity contribution in [1.82, 2.24) is 20.3 Å². The standard InChI is InChI=1S/C27H27F2N5O2S/c1-14(2)26-33-23(17-4-6-18(28)7-5-17)24(36-26)25(35)34-27-32-21(13-37-27)22-15(3)8-16(12-31-22)11-30-20-9-19(29)10-20/h4-8,12-14,19-20,30H,9-11H2,1-3H3,(H,32,34,35). The lowest BCUT2D eigenvalue weighted by atomic mass is 9.91. The third-order valence-corrected chi connectivity index (χ3v) is 7.00. The number of pyridine rings is 1. The highest BCUT2D eigenvalue weighted by atomic mass is 32.1. The second-order valence-electron chi connectivity index (χ2n) is 9.54. The molecule has 0 atom stereocenters. The summed E-state index contributed by atoms with van der Waals surface area (Å²) in [5.74, 6) is -0.436. The van der Waals surface area contributed by atoms with Crippen molar-refractivity contribution in [2.24, 2.45) is 0 Å². The van der Waals surface area contributed by atoms with E-state index in [0.29, 0.717) is 47.4 Å². The predicted octanol–water partition coefficient (Wildman–Crippen LogP) is 6.27. The van der Waals surface area contributed by atoms with Gasteiger partial charge in [-0.1, -0.05) is 19.9 Å². The lowest BCUT2D eigenvalue weighted by molar-refractivity contribution is 0.0995. The molecule has 1 amide bonds. The van der Waals surface area contributed by atoms with Gasteiger partial charge in [0.25, 0.3) is 5.91 Å². The molecule has 0 saturated heterocycles. The summed E-state index contributed by atoms with van der Waals surface area (Å²) >= 11 is 1.28. The Morgan fingerprint density at radius 3 is 2.62 bits per heavy atom. The van der Waals surface area contributed by atoms with Crippen molar-refractivity contribution in [3.05, 3.63) is 70.5 Å². The average Bonchev–Trinajstić information content (AvgIpc) is 3.49. The van der Waals surface area contributed by atoms with E-state index in [2.05, 4.69) is 25.6 Å². The Bertz CT molecular complexity index is 1410. The summed E-state index contributed by atoms with van der Waals surface area (Å²) in [6.07, 6.45) is 2.23. The summed E-state index contributed by atoms with van der Waals surface area (Å²) in [7, 11) is 0. The van der Waals surface area contributed by atoms with Gasteiger partial charge in [0.2, 0.25) is 5.76 Å². The van der Waals surface area contributed by atoms with E-state index < -0.39 is 12.1 Å². The van der Waals surface area contributed by atoms with E-state index in [0.717, 1.165) is 16.8 Å². The number of nitrogens with one attached hydrogen (secondary N) is 2. The second kappa shape index (κ2) is 10.5. The Balaban J connectivity index is 1.31. The molecule has 0 unspecified atom stereocenters. The number of thiazole rings is 1. The molecule has 0 bridgehead atoms. The van der Waals surface area contributed by atoms with Gasteiger partial charge < -0.3 is 9.73 Å². The topological polar surface area (TPSA) is 92.9 Å². The molecule has 2 N–H and O–H groups in total. The molecule has 1 aromatic carbocycles. The minimum absolute atomic E-state index is 0.0336. The van der Waals surface area contributed by atoms with Crippen molar-refractivity contribution in [3.63, 3.8) is 0 Å². The maximum atomic E-state index is 13.4. The van der Waals surface area contributed by atoms with Crippen LogP contribution in [0.25, 0.3) is 22.6 Å². The molecule has 5 rings (SSSR count). The number of aromatic nitrogens is 3. The summed E-state index contributed by atoms with van der Waals surface area (Å²) in [5.41, 5.74) is 4.28. The second-order valence-corrected chi connectivity index (χ2v) is 10.4. The Labute approximate surface area is 217 Å². The molecule has 192 valence electrons. The highest BCUT2D eigenvalue weighted by molar-refractivity contribution is 7.14. The normalized spacial score (nSPS) is 17.1. The molecule has 0 radical (unpaired) electrons. The van der Waals surface area contributed by atoms with E-state index in [-0.39, 0.29) is 23.5 Å². The molecule has 3 aromatic heterocycles. The zero-order valence-corrected chi connectivity index (χ0v) is 21.5. The predicted molar refractivity (Wildman–Crippen MR) is 139 cm³/mol. The van der Waals surface area contributed by atoms with Crippen molar-refractivity contribution in [3.8, 4) is 22.6 Å². The fraction of sp³-hybridized carbons (Fsp3) is 0.333. The van der Waals surface area contributed by atoms with E-state index in [1.165, 1.54) is 23.5 Å². The molecular formula is C27H27F2N5O2S. The summed E-state index contributed by atoms with van der Waals surface area (Å²) in [4.78, 5) is 26.8. The van der Waals surface area contributed by atoms with Crippen LogP contribution in [0.2, 0.25) is 0 Å². The molecule has 10 heteroatoms. The molecule has 4 aromatic rings. The molecule has 1 aliphatic rings. The first-order valence-electron chi connectivity index (χ1n) is 12.1. The zero-order valence-electron chi connectivity index (χ0n) is 20.7. The van der Waals surface area contributed by atoms with Crippen molar-refractivity contribution < 1.29 is 18.0 Å². The van der Waals surface area contributed by atoms with Gasteiger partial charge in [-0.3, -0.25) is 15.1 Å². The van der Waals surface area contributed by atoms with E-state index in [9.17, 15) is 13.6 Å². The summed E-state index contributed by atoms with van der Waals surface area (Å²) in [5, 5.41) is 8.37. The first-order valence-corrected chi connectivity index (χ1v) is 13.0. The molecule has 7 nitrogen and oxygen atoms in total. The third-order valence-electron chi connectivity index (χ3n) is 6.24. The Morgan fingerprint density at radius 1 is 1.19 bits per heavy atom. The number of carbonyl (C=O) groups is 1. The maximum Gasteiger partial charge on any atom is 0.295 e. The smallest absolute Gasteiger partial charge is 0.295 e. The number of anilines is 1. The maximum absolute atomic E-state index is 13.4. The number of halogens is 2. The highest BCUT2D eigenvalue weighted by Gasteiger charge is 2.28. The molecule has 1 saturated carbocycles. The summed E-state index contributed by atoms with van der Waals surface area (Å²) < 4.78 is 32.2. The SMILES string of the molecule is Cc1cc(CNC2CC(F)C2)cnc1-c1csc(NC(=O)c2oc(C(C)C)nc2-c2ccc(F)cc2)n1. The number of oxazole rings is 1. The summed E-state index contributed by atoms with van der Waals surface area (Å²) in [6, 6.07) is 8.02. The van der Waals surface area contributed by atoms with Gasteiger partial charge in [-0.15, -0.1) is 11.3 Å². The molecule has 3 heterocycles. The molecule has 0 aliphatic heterocycles. The minimum Gasteiger partial charge on any atom is -0.435 e. The number of benzene rings is 1. The van der Waals surface area contributed by atoms with E-state index in [1.54, 1.807) is 18.3 Å². The lowest BCUT2D eigenvalue weighted by Crippen LogP contribution is -2.41. The molecule has 0 spiro atoms. The Hall–Kier alpha value is -3.50. The van der Waals surface area contributed by atoms with E-state index in [1.807, 2.05) is 32.2 Å². The highest BCUT2D eigenvalue weighted by Crippen LogP contribution is 2.30. The summed E-state index contributed by atoms with van der Waals surface area (Å²) in [6.45, 7) is 6.42. The first-order chi connectivity index (χ1) is 17.8. The van der Waals surface area contributed by atoms with Gasteiger partial charge in [-0.2, -0.15) is 0 Å². The minimum atomic E-state index is -0.685. The van der Waals surface area contributed by atoms with Crippen LogP contribution in [0.1, 0.15) is 60.2 Å². The van der Waals surface area contributed by atoms with Crippen LogP contribution in [0.5, 0.6) is 0 Å². The van der Waals surface area contributed by atoms with Gasteiger partial charge in [0.15, 0.2) is 11.0 Å². The van der Waals surface area contributed by atoms with Crippen LogP contribution in [0, 0.1) is 12.7 Å². The monoisotopic (exact) mass is 523 g/mol. The number of hydrogen-bond acceptors (Lipinski definition) is 7. The van der Waals surface area contributed by atoms with Crippen LogP contribution >= 0.6 is 11.3 Å². The van der Waals surface area contributed by atoms with Gasteiger partial charge >= 0.3 is 0 Å².